The van der Waals surface area contributed by atoms with E-state index in [9.17, 15) is 4.79 Å². The standard InChI is InChI=1S/C10H19NO3/c11-9(4-6-12)10(13)14-7-5-8-2-1-3-8/h8-9,12H,1-7,11H2. The summed E-state index contributed by atoms with van der Waals surface area (Å²) >= 11 is 0. The van der Waals surface area contributed by atoms with Gasteiger partial charge in [-0.3, -0.25) is 4.79 Å². The van der Waals surface area contributed by atoms with Gasteiger partial charge in [-0.15, -0.1) is 0 Å². The summed E-state index contributed by atoms with van der Waals surface area (Å²) in [4.78, 5) is 11.2. The summed E-state index contributed by atoms with van der Waals surface area (Å²) in [5.74, 6) is 0.357. The Kier molecular flexibility index (Phi) is 4.90. The van der Waals surface area contributed by atoms with E-state index in [0.717, 1.165) is 12.3 Å². The van der Waals surface area contributed by atoms with Gasteiger partial charge in [0, 0.05) is 6.61 Å². The van der Waals surface area contributed by atoms with Gasteiger partial charge >= 0.3 is 5.97 Å². The van der Waals surface area contributed by atoms with Gasteiger partial charge in [-0.25, -0.2) is 0 Å². The summed E-state index contributed by atoms with van der Waals surface area (Å²) in [5.41, 5.74) is 5.46. The molecule has 1 saturated carbocycles. The number of aliphatic hydroxyl groups is 1. The van der Waals surface area contributed by atoms with Crippen molar-refractivity contribution in [2.75, 3.05) is 13.2 Å². The summed E-state index contributed by atoms with van der Waals surface area (Å²) in [6.07, 6.45) is 5.07. The number of ether oxygens (including phenoxy) is 1. The lowest BCUT2D eigenvalue weighted by Crippen LogP contribution is -2.33. The number of rotatable bonds is 6. The molecule has 0 radical (unpaired) electrons. The van der Waals surface area contributed by atoms with Crippen LogP contribution in [0.2, 0.25) is 0 Å². The van der Waals surface area contributed by atoms with Crippen LogP contribution in [0.5, 0.6) is 0 Å². The van der Waals surface area contributed by atoms with E-state index in [-0.39, 0.29) is 13.0 Å². The van der Waals surface area contributed by atoms with Crippen molar-refractivity contribution in [3.05, 3.63) is 0 Å². The molecule has 4 nitrogen and oxygen atoms in total. The molecule has 14 heavy (non-hydrogen) atoms. The molecule has 0 saturated heterocycles. The number of nitrogens with two attached hydrogens (primary N) is 1. The average Bonchev–Trinajstić information content (AvgIpc) is 2.09. The molecular weight excluding hydrogens is 182 g/mol. The van der Waals surface area contributed by atoms with Crippen LogP contribution >= 0.6 is 0 Å². The molecule has 0 heterocycles. The van der Waals surface area contributed by atoms with Crippen molar-refractivity contribution < 1.29 is 14.6 Å². The van der Waals surface area contributed by atoms with Crippen molar-refractivity contribution in [3.8, 4) is 0 Å². The van der Waals surface area contributed by atoms with Gasteiger partial charge in [0.25, 0.3) is 0 Å². The first-order chi connectivity index (χ1) is 6.74. The highest BCUT2D eigenvalue weighted by atomic mass is 16.5. The van der Waals surface area contributed by atoms with E-state index in [0.29, 0.717) is 6.61 Å². The predicted octanol–water partition coefficient (Wildman–Crippen LogP) is 0.429. The monoisotopic (exact) mass is 201 g/mol. The van der Waals surface area contributed by atoms with Crippen LogP contribution in [0.1, 0.15) is 32.1 Å². The van der Waals surface area contributed by atoms with Crippen LogP contribution in [-0.4, -0.2) is 30.3 Å². The number of carbonyl (C=O) groups excluding carboxylic acids is 1. The van der Waals surface area contributed by atoms with Crippen LogP contribution in [0.15, 0.2) is 0 Å². The Morgan fingerprint density at radius 1 is 1.57 bits per heavy atom. The van der Waals surface area contributed by atoms with Gasteiger partial charge < -0.3 is 15.6 Å². The lowest BCUT2D eigenvalue weighted by Gasteiger charge is -2.24. The smallest absolute Gasteiger partial charge is 0.322 e. The molecule has 3 N–H and O–H groups in total. The Bertz CT molecular complexity index is 180. The summed E-state index contributed by atoms with van der Waals surface area (Å²) < 4.78 is 4.99. The molecule has 1 rings (SSSR count). The summed E-state index contributed by atoms with van der Waals surface area (Å²) in [7, 11) is 0. The number of esters is 1. The zero-order valence-corrected chi connectivity index (χ0v) is 8.45. The van der Waals surface area contributed by atoms with Crippen LogP contribution in [0, 0.1) is 5.92 Å². The quantitative estimate of drug-likeness (QED) is 0.611. The second-order valence-electron chi connectivity index (χ2n) is 3.87. The Labute approximate surface area is 84.4 Å². The zero-order valence-electron chi connectivity index (χ0n) is 8.45. The van der Waals surface area contributed by atoms with Crippen molar-refractivity contribution in [3.63, 3.8) is 0 Å². The fourth-order valence-corrected chi connectivity index (χ4v) is 1.47. The molecule has 1 atom stereocenters. The summed E-state index contributed by atoms with van der Waals surface area (Å²) in [5, 5.41) is 8.56. The first-order valence-electron chi connectivity index (χ1n) is 5.27. The molecule has 0 amide bonds. The van der Waals surface area contributed by atoms with Crippen molar-refractivity contribution in [1.82, 2.24) is 0 Å². The first kappa shape index (κ1) is 11.5. The summed E-state index contributed by atoms with van der Waals surface area (Å²) in [6.45, 7) is 0.404. The van der Waals surface area contributed by atoms with E-state index >= 15 is 0 Å². The fourth-order valence-electron chi connectivity index (χ4n) is 1.47. The normalized spacial score (nSPS) is 18.7. The highest BCUT2D eigenvalue weighted by Gasteiger charge is 2.19. The molecule has 0 aromatic rings. The van der Waals surface area contributed by atoms with Crippen LogP contribution < -0.4 is 5.73 Å². The molecule has 0 aromatic heterocycles. The van der Waals surface area contributed by atoms with Crippen LogP contribution in [0.4, 0.5) is 0 Å². The van der Waals surface area contributed by atoms with Gasteiger partial charge in [0.15, 0.2) is 0 Å². The molecule has 1 fully saturated rings. The minimum atomic E-state index is -0.665. The number of hydrogen-bond acceptors (Lipinski definition) is 4. The van der Waals surface area contributed by atoms with E-state index in [1.807, 2.05) is 0 Å². The van der Waals surface area contributed by atoms with Crippen molar-refractivity contribution in [2.24, 2.45) is 11.7 Å². The Morgan fingerprint density at radius 3 is 2.79 bits per heavy atom. The molecule has 0 aliphatic heterocycles. The van der Waals surface area contributed by atoms with E-state index in [2.05, 4.69) is 0 Å². The Hall–Kier alpha value is -0.610. The molecule has 0 bridgehead atoms. The molecule has 1 aliphatic carbocycles. The molecule has 4 heteroatoms. The zero-order chi connectivity index (χ0) is 10.4. The lowest BCUT2D eigenvalue weighted by molar-refractivity contribution is -0.146. The number of aliphatic hydroxyl groups excluding tert-OH is 1. The maximum Gasteiger partial charge on any atom is 0.322 e. The SMILES string of the molecule is NC(CCO)C(=O)OCCC1CCC1. The molecular formula is C10H19NO3. The minimum absolute atomic E-state index is 0.0705. The third-order valence-corrected chi connectivity index (χ3v) is 2.74. The first-order valence-corrected chi connectivity index (χ1v) is 5.27. The van der Waals surface area contributed by atoms with Crippen LogP contribution in [-0.2, 0) is 9.53 Å². The third-order valence-electron chi connectivity index (χ3n) is 2.74. The maximum atomic E-state index is 11.2. The van der Waals surface area contributed by atoms with E-state index in [4.69, 9.17) is 15.6 Å². The topological polar surface area (TPSA) is 72.5 Å². The van der Waals surface area contributed by atoms with E-state index < -0.39 is 12.0 Å². The molecule has 1 unspecified atom stereocenters. The predicted molar refractivity (Wildman–Crippen MR) is 52.6 cm³/mol. The molecule has 82 valence electrons. The molecule has 0 aromatic carbocycles. The van der Waals surface area contributed by atoms with Gasteiger partial charge in [0.2, 0.25) is 0 Å². The van der Waals surface area contributed by atoms with Gasteiger partial charge in [-0.05, 0) is 18.8 Å². The van der Waals surface area contributed by atoms with Crippen LogP contribution in [0.3, 0.4) is 0 Å². The highest BCUT2D eigenvalue weighted by molar-refractivity contribution is 5.75. The van der Waals surface area contributed by atoms with Crippen molar-refractivity contribution in [1.29, 1.82) is 0 Å². The summed E-state index contributed by atoms with van der Waals surface area (Å²) in [6, 6.07) is -0.665. The van der Waals surface area contributed by atoms with Crippen molar-refractivity contribution in [2.45, 2.75) is 38.1 Å². The van der Waals surface area contributed by atoms with Gasteiger partial charge in [-0.2, -0.15) is 0 Å². The van der Waals surface area contributed by atoms with Gasteiger partial charge in [-0.1, -0.05) is 19.3 Å². The van der Waals surface area contributed by atoms with Crippen LogP contribution in [0.25, 0.3) is 0 Å². The highest BCUT2D eigenvalue weighted by Crippen LogP contribution is 2.29. The average molecular weight is 201 g/mol. The Morgan fingerprint density at radius 2 is 2.29 bits per heavy atom. The van der Waals surface area contributed by atoms with Gasteiger partial charge in [0.05, 0.1) is 6.61 Å². The van der Waals surface area contributed by atoms with E-state index in [1.165, 1.54) is 19.3 Å². The fraction of sp³-hybridized carbons (Fsp3) is 0.900. The molecule has 1 aliphatic rings. The largest absolute Gasteiger partial charge is 0.465 e. The van der Waals surface area contributed by atoms with E-state index in [1.54, 1.807) is 0 Å². The molecule has 0 spiro atoms. The number of hydrogen-bond donors (Lipinski definition) is 2. The Balaban J connectivity index is 2.01. The lowest BCUT2D eigenvalue weighted by atomic mass is 9.83. The number of carbonyl (C=O) groups is 1. The second kappa shape index (κ2) is 5.98. The minimum Gasteiger partial charge on any atom is -0.465 e. The second-order valence-corrected chi connectivity index (χ2v) is 3.87. The van der Waals surface area contributed by atoms with Gasteiger partial charge in [0.1, 0.15) is 6.04 Å². The third kappa shape index (κ3) is 3.64. The maximum absolute atomic E-state index is 11.2. The van der Waals surface area contributed by atoms with Crippen molar-refractivity contribution >= 4 is 5.97 Å².